The second-order valence-electron chi connectivity index (χ2n) is 4.84. The second-order valence-corrected chi connectivity index (χ2v) is 4.84. The molecule has 2 unspecified atom stereocenters. The summed E-state index contributed by atoms with van der Waals surface area (Å²) < 4.78 is 0. The Kier molecular flexibility index (Phi) is 2.09. The highest BCUT2D eigenvalue weighted by Gasteiger charge is 2.44. The molecule has 13 heavy (non-hydrogen) atoms. The third-order valence-corrected chi connectivity index (χ3v) is 3.63. The molecule has 2 rings (SSSR count). The Morgan fingerprint density at radius 3 is 2.00 bits per heavy atom. The topological polar surface area (TPSA) is 20.3 Å². The van der Waals surface area contributed by atoms with E-state index in [2.05, 4.69) is 25.7 Å². The third kappa shape index (κ3) is 1.47. The molecule has 0 aromatic carbocycles. The van der Waals surface area contributed by atoms with Crippen LogP contribution in [0, 0.1) is 11.8 Å². The first kappa shape index (κ1) is 9.04. The van der Waals surface area contributed by atoms with Crippen molar-refractivity contribution in [2.75, 3.05) is 0 Å². The molecule has 1 amide bonds. The van der Waals surface area contributed by atoms with Crippen molar-refractivity contribution in [1.29, 1.82) is 0 Å². The van der Waals surface area contributed by atoms with E-state index in [0.717, 1.165) is 6.42 Å². The molecule has 1 saturated carbocycles. The fraction of sp³-hybridized carbons (Fsp3) is 0.909. The van der Waals surface area contributed by atoms with Gasteiger partial charge in [-0.1, -0.05) is 6.92 Å². The molecule has 0 N–H and O–H groups in total. The maximum atomic E-state index is 12.0. The van der Waals surface area contributed by atoms with Crippen molar-refractivity contribution in [2.45, 2.75) is 52.1 Å². The van der Waals surface area contributed by atoms with E-state index in [4.69, 9.17) is 0 Å². The van der Waals surface area contributed by atoms with Crippen molar-refractivity contribution in [3.05, 3.63) is 0 Å². The standard InChI is InChI=1S/C11H19NO/c1-7-6-10(7)11(13)12-8(2)4-5-9(12)3/h7-10H,4-6H2,1-3H3/t7-,8?,9?,10-/m1/s1. The summed E-state index contributed by atoms with van der Waals surface area (Å²) in [6, 6.07) is 0.964. The molecular formula is C11H19NO. The van der Waals surface area contributed by atoms with E-state index >= 15 is 0 Å². The maximum Gasteiger partial charge on any atom is 0.226 e. The Labute approximate surface area is 80.3 Å². The summed E-state index contributed by atoms with van der Waals surface area (Å²) in [5.74, 6) is 1.43. The van der Waals surface area contributed by atoms with Gasteiger partial charge in [-0.2, -0.15) is 0 Å². The molecule has 1 aliphatic heterocycles. The number of amides is 1. The first-order chi connectivity index (χ1) is 6.11. The van der Waals surface area contributed by atoms with Crippen LogP contribution >= 0.6 is 0 Å². The normalized spacial score (nSPS) is 43.8. The van der Waals surface area contributed by atoms with E-state index in [1.165, 1.54) is 12.8 Å². The van der Waals surface area contributed by atoms with E-state index in [-0.39, 0.29) is 0 Å². The van der Waals surface area contributed by atoms with Gasteiger partial charge in [0.25, 0.3) is 0 Å². The molecule has 0 bridgehead atoms. The molecule has 0 aromatic heterocycles. The van der Waals surface area contributed by atoms with E-state index in [0.29, 0.717) is 29.8 Å². The molecule has 1 heterocycles. The van der Waals surface area contributed by atoms with Gasteiger partial charge in [-0.3, -0.25) is 4.79 Å². The predicted octanol–water partition coefficient (Wildman–Crippen LogP) is 2.04. The largest absolute Gasteiger partial charge is 0.337 e. The summed E-state index contributed by atoms with van der Waals surface area (Å²) >= 11 is 0. The summed E-state index contributed by atoms with van der Waals surface area (Å²) in [7, 11) is 0. The van der Waals surface area contributed by atoms with Crippen molar-refractivity contribution < 1.29 is 4.79 Å². The minimum atomic E-state index is 0.364. The van der Waals surface area contributed by atoms with Crippen LogP contribution < -0.4 is 0 Å². The fourth-order valence-corrected chi connectivity index (χ4v) is 2.49. The van der Waals surface area contributed by atoms with Crippen molar-refractivity contribution in [1.82, 2.24) is 4.90 Å². The molecule has 4 atom stereocenters. The molecular weight excluding hydrogens is 162 g/mol. The van der Waals surface area contributed by atoms with E-state index in [1.54, 1.807) is 0 Å². The van der Waals surface area contributed by atoms with Crippen LogP contribution in [0.4, 0.5) is 0 Å². The van der Waals surface area contributed by atoms with Gasteiger partial charge in [0.05, 0.1) is 0 Å². The van der Waals surface area contributed by atoms with Gasteiger partial charge in [0, 0.05) is 18.0 Å². The molecule has 1 aliphatic carbocycles. The van der Waals surface area contributed by atoms with Crippen LogP contribution in [0.2, 0.25) is 0 Å². The molecule has 0 spiro atoms. The van der Waals surface area contributed by atoms with Gasteiger partial charge in [0.1, 0.15) is 0 Å². The van der Waals surface area contributed by atoms with Gasteiger partial charge in [0.15, 0.2) is 0 Å². The summed E-state index contributed by atoms with van der Waals surface area (Å²) in [6.45, 7) is 6.52. The van der Waals surface area contributed by atoms with Crippen LogP contribution in [0.3, 0.4) is 0 Å². The van der Waals surface area contributed by atoms with Crippen LogP contribution in [-0.4, -0.2) is 22.9 Å². The lowest BCUT2D eigenvalue weighted by atomic mass is 10.2. The zero-order valence-corrected chi connectivity index (χ0v) is 8.79. The zero-order valence-electron chi connectivity index (χ0n) is 8.79. The van der Waals surface area contributed by atoms with Crippen LogP contribution in [0.1, 0.15) is 40.0 Å². The Morgan fingerprint density at radius 1 is 1.15 bits per heavy atom. The zero-order chi connectivity index (χ0) is 9.59. The van der Waals surface area contributed by atoms with Crippen LogP contribution in [0.15, 0.2) is 0 Å². The number of carbonyl (C=O) groups excluding carboxylic acids is 1. The van der Waals surface area contributed by atoms with Crippen molar-refractivity contribution in [3.8, 4) is 0 Å². The lowest BCUT2D eigenvalue weighted by Gasteiger charge is -2.26. The minimum absolute atomic E-state index is 0.364. The Balaban J connectivity index is 2.02. The lowest BCUT2D eigenvalue weighted by molar-refractivity contribution is -0.135. The second kappa shape index (κ2) is 3.00. The predicted molar refractivity (Wildman–Crippen MR) is 52.3 cm³/mol. The highest BCUT2D eigenvalue weighted by Crippen LogP contribution is 2.41. The maximum absolute atomic E-state index is 12.0. The first-order valence-electron chi connectivity index (χ1n) is 5.43. The highest BCUT2D eigenvalue weighted by molar-refractivity contribution is 5.82. The van der Waals surface area contributed by atoms with Gasteiger partial charge in [-0.25, -0.2) is 0 Å². The van der Waals surface area contributed by atoms with Gasteiger partial charge >= 0.3 is 0 Å². The number of rotatable bonds is 1. The summed E-state index contributed by atoms with van der Waals surface area (Å²) in [6.07, 6.45) is 3.50. The molecule has 2 heteroatoms. The summed E-state index contributed by atoms with van der Waals surface area (Å²) in [4.78, 5) is 14.1. The Bertz CT molecular complexity index is 216. The Morgan fingerprint density at radius 2 is 1.62 bits per heavy atom. The average molecular weight is 181 g/mol. The lowest BCUT2D eigenvalue weighted by Crippen LogP contribution is -2.39. The third-order valence-electron chi connectivity index (χ3n) is 3.63. The molecule has 1 saturated heterocycles. The van der Waals surface area contributed by atoms with Crippen molar-refractivity contribution in [2.24, 2.45) is 11.8 Å². The number of hydrogen-bond acceptors (Lipinski definition) is 1. The van der Waals surface area contributed by atoms with E-state index in [1.807, 2.05) is 0 Å². The van der Waals surface area contributed by atoms with Gasteiger partial charge in [0.2, 0.25) is 5.91 Å². The van der Waals surface area contributed by atoms with Crippen LogP contribution in [-0.2, 0) is 4.79 Å². The van der Waals surface area contributed by atoms with Gasteiger partial charge < -0.3 is 4.90 Å². The van der Waals surface area contributed by atoms with Gasteiger partial charge in [-0.05, 0) is 39.0 Å². The van der Waals surface area contributed by atoms with E-state index in [9.17, 15) is 4.79 Å². The van der Waals surface area contributed by atoms with E-state index < -0.39 is 0 Å². The first-order valence-corrected chi connectivity index (χ1v) is 5.43. The molecule has 0 aromatic rings. The monoisotopic (exact) mass is 181 g/mol. The minimum Gasteiger partial charge on any atom is -0.337 e. The molecule has 0 radical (unpaired) electrons. The van der Waals surface area contributed by atoms with Crippen molar-refractivity contribution >= 4 is 5.91 Å². The van der Waals surface area contributed by atoms with Crippen molar-refractivity contribution in [3.63, 3.8) is 0 Å². The number of hydrogen-bond donors (Lipinski definition) is 0. The number of likely N-dealkylation sites (tertiary alicyclic amines) is 1. The molecule has 74 valence electrons. The smallest absolute Gasteiger partial charge is 0.226 e. The quantitative estimate of drug-likeness (QED) is 0.606. The molecule has 2 nitrogen and oxygen atoms in total. The Hall–Kier alpha value is -0.530. The average Bonchev–Trinajstić information content (AvgIpc) is 2.70. The number of nitrogens with zero attached hydrogens (tertiary/aromatic N) is 1. The highest BCUT2D eigenvalue weighted by atomic mass is 16.2. The summed E-state index contributed by atoms with van der Waals surface area (Å²) in [5, 5.41) is 0. The fourth-order valence-electron chi connectivity index (χ4n) is 2.49. The van der Waals surface area contributed by atoms with Gasteiger partial charge in [-0.15, -0.1) is 0 Å². The van der Waals surface area contributed by atoms with Crippen LogP contribution in [0.5, 0.6) is 0 Å². The summed E-state index contributed by atoms with van der Waals surface area (Å²) in [5.41, 5.74) is 0. The molecule has 2 fully saturated rings. The van der Waals surface area contributed by atoms with Crippen LogP contribution in [0.25, 0.3) is 0 Å². The SMILES string of the molecule is CC1CCC(C)N1C(=O)[C@@H]1C[C@H]1C. The number of carbonyl (C=O) groups is 1. The molecule has 2 aliphatic rings.